The zero-order chi connectivity index (χ0) is 19.7. The zero-order valence-electron chi connectivity index (χ0n) is 16.4. The molecule has 0 radical (unpaired) electrons. The zero-order valence-corrected chi connectivity index (χ0v) is 16.4. The molecule has 0 fully saturated rings. The van der Waals surface area contributed by atoms with Crippen molar-refractivity contribution in [3.8, 4) is 0 Å². The third kappa shape index (κ3) is 4.48. The minimum absolute atomic E-state index is 0.289. The number of allylic oxidation sites excluding steroid dienone is 4. The van der Waals surface area contributed by atoms with E-state index in [0.717, 1.165) is 24.0 Å². The van der Waals surface area contributed by atoms with Crippen LogP contribution in [0.2, 0.25) is 0 Å². The summed E-state index contributed by atoms with van der Waals surface area (Å²) in [5.41, 5.74) is 10.0. The fourth-order valence-corrected chi connectivity index (χ4v) is 3.08. The molecule has 1 unspecified atom stereocenters. The molecule has 1 atom stereocenters. The van der Waals surface area contributed by atoms with Gasteiger partial charge in [0, 0.05) is 28.5 Å². The van der Waals surface area contributed by atoms with Crippen molar-refractivity contribution < 1.29 is 4.79 Å². The fourth-order valence-electron chi connectivity index (χ4n) is 3.08. The quantitative estimate of drug-likeness (QED) is 0.582. The Labute approximate surface area is 157 Å². The summed E-state index contributed by atoms with van der Waals surface area (Å²) in [6.07, 6.45) is 8.12. The first-order chi connectivity index (χ1) is 12.5. The Hall–Kier alpha value is -2.68. The summed E-state index contributed by atoms with van der Waals surface area (Å²) in [6.45, 7) is 15.5. The molecule has 2 N–H and O–H groups in total. The van der Waals surface area contributed by atoms with Gasteiger partial charge < -0.3 is 5.73 Å². The van der Waals surface area contributed by atoms with Crippen LogP contribution < -0.4 is 5.73 Å². The van der Waals surface area contributed by atoms with E-state index in [1.807, 2.05) is 32.0 Å². The number of carbonyl (C=O) groups is 1. The number of amides is 1. The first-order valence-corrected chi connectivity index (χ1v) is 9.09. The topological polar surface area (TPSA) is 55.5 Å². The molecule has 1 aromatic rings. The molecule has 0 aliphatic heterocycles. The number of carbonyl (C=O) groups excluding carboxylic acids is 1. The molecule has 1 aromatic carbocycles. The van der Waals surface area contributed by atoms with Gasteiger partial charge in [0.15, 0.2) is 0 Å². The molecule has 1 aliphatic rings. The van der Waals surface area contributed by atoms with Crippen LogP contribution in [0.5, 0.6) is 0 Å². The lowest BCUT2D eigenvalue weighted by molar-refractivity contribution is -0.115. The molecule has 138 valence electrons. The Bertz CT molecular complexity index is 768. The Balaban J connectivity index is 0.00000163. The van der Waals surface area contributed by atoms with E-state index >= 15 is 0 Å². The van der Waals surface area contributed by atoms with E-state index in [1.165, 1.54) is 11.8 Å². The third-order valence-corrected chi connectivity index (χ3v) is 4.63. The molecule has 0 aromatic heterocycles. The van der Waals surface area contributed by atoms with Crippen LogP contribution in [0.1, 0.15) is 45.2 Å². The van der Waals surface area contributed by atoms with Crippen molar-refractivity contribution in [3.63, 3.8) is 0 Å². The minimum Gasteiger partial charge on any atom is -0.398 e. The van der Waals surface area contributed by atoms with Crippen molar-refractivity contribution in [2.45, 2.75) is 40.5 Å². The molecule has 3 heteroatoms. The van der Waals surface area contributed by atoms with Crippen LogP contribution in [-0.2, 0) is 11.2 Å². The van der Waals surface area contributed by atoms with E-state index in [1.54, 1.807) is 18.2 Å². The van der Waals surface area contributed by atoms with Gasteiger partial charge in [-0.05, 0) is 24.0 Å². The van der Waals surface area contributed by atoms with Gasteiger partial charge in [0.2, 0.25) is 0 Å². The Kier molecular flexibility index (Phi) is 7.98. The molecule has 2 rings (SSSR count). The average molecular weight is 351 g/mol. The van der Waals surface area contributed by atoms with Crippen LogP contribution in [0.3, 0.4) is 0 Å². The van der Waals surface area contributed by atoms with Gasteiger partial charge in [0.1, 0.15) is 0 Å². The number of benzene rings is 1. The molecule has 0 heterocycles. The van der Waals surface area contributed by atoms with Crippen molar-refractivity contribution in [1.82, 2.24) is 0 Å². The number of nitrogens with zero attached hydrogens (tertiary/aromatic N) is 1. The number of fused-ring (bicyclic) bond motifs is 1. The smallest absolute Gasteiger partial charge is 0.275 e. The van der Waals surface area contributed by atoms with Gasteiger partial charge in [-0.25, -0.2) is 4.99 Å². The summed E-state index contributed by atoms with van der Waals surface area (Å²) in [5, 5.41) is 0. The van der Waals surface area contributed by atoms with Crippen LogP contribution in [0.4, 0.5) is 0 Å². The molecule has 1 amide bonds. The minimum atomic E-state index is -0.316. The van der Waals surface area contributed by atoms with Gasteiger partial charge in [-0.3, -0.25) is 4.79 Å². The molecule has 0 saturated carbocycles. The van der Waals surface area contributed by atoms with Gasteiger partial charge in [-0.2, -0.15) is 0 Å². The lowest BCUT2D eigenvalue weighted by Gasteiger charge is -2.36. The van der Waals surface area contributed by atoms with Crippen molar-refractivity contribution >= 4 is 17.8 Å². The molecule has 0 spiro atoms. The van der Waals surface area contributed by atoms with Crippen LogP contribution >= 0.6 is 0 Å². The highest BCUT2D eigenvalue weighted by molar-refractivity contribution is 6.07. The first-order valence-electron chi connectivity index (χ1n) is 9.09. The van der Waals surface area contributed by atoms with E-state index in [0.29, 0.717) is 11.3 Å². The number of aliphatic imine (C=N–C) groups is 1. The highest BCUT2D eigenvalue weighted by Crippen LogP contribution is 2.43. The number of rotatable bonds is 5. The Morgan fingerprint density at radius 1 is 1.31 bits per heavy atom. The normalized spacial score (nSPS) is 19.5. The maximum atomic E-state index is 12.8. The van der Waals surface area contributed by atoms with Gasteiger partial charge in [-0.15, -0.1) is 0 Å². The van der Waals surface area contributed by atoms with E-state index in [4.69, 9.17) is 5.73 Å². The fraction of sp³-hybridized carbons (Fsp3) is 0.304. The summed E-state index contributed by atoms with van der Waals surface area (Å²) >= 11 is 0. The molecule has 0 saturated heterocycles. The van der Waals surface area contributed by atoms with Crippen molar-refractivity contribution in [3.05, 3.63) is 77.9 Å². The van der Waals surface area contributed by atoms with Crippen LogP contribution in [-0.4, -0.2) is 12.1 Å². The maximum absolute atomic E-state index is 12.8. The van der Waals surface area contributed by atoms with Crippen LogP contribution in [0.15, 0.2) is 71.8 Å². The Morgan fingerprint density at radius 3 is 2.54 bits per heavy atom. The molecule has 26 heavy (non-hydrogen) atoms. The predicted molar refractivity (Wildman–Crippen MR) is 113 cm³/mol. The second kappa shape index (κ2) is 9.71. The molecule has 0 bridgehead atoms. The molecule has 1 aliphatic carbocycles. The summed E-state index contributed by atoms with van der Waals surface area (Å²) < 4.78 is 0. The SMILES string of the molecule is C=C/C=C(\C=C)C=NC(=O)C1=C(N)c2ccccc2CC1(C)CC.CC. The highest BCUT2D eigenvalue weighted by atomic mass is 16.1. The molecular weight excluding hydrogens is 320 g/mol. The highest BCUT2D eigenvalue weighted by Gasteiger charge is 2.38. The van der Waals surface area contributed by atoms with Gasteiger partial charge in [0.05, 0.1) is 0 Å². The van der Waals surface area contributed by atoms with Crippen molar-refractivity contribution in [2.24, 2.45) is 16.1 Å². The number of hydrogen-bond acceptors (Lipinski definition) is 2. The van der Waals surface area contributed by atoms with Gasteiger partial charge in [-0.1, -0.05) is 83.3 Å². The number of nitrogens with two attached hydrogens (primary N) is 1. The largest absolute Gasteiger partial charge is 0.398 e. The van der Waals surface area contributed by atoms with E-state index in [-0.39, 0.29) is 11.3 Å². The third-order valence-electron chi connectivity index (χ3n) is 4.63. The van der Waals surface area contributed by atoms with Crippen LogP contribution in [0.25, 0.3) is 5.70 Å². The Morgan fingerprint density at radius 2 is 1.96 bits per heavy atom. The molecular formula is C23H30N2O. The van der Waals surface area contributed by atoms with E-state index in [2.05, 4.69) is 38.1 Å². The van der Waals surface area contributed by atoms with Gasteiger partial charge in [0.25, 0.3) is 5.91 Å². The summed E-state index contributed by atoms with van der Waals surface area (Å²) in [6, 6.07) is 7.98. The summed E-state index contributed by atoms with van der Waals surface area (Å²) in [7, 11) is 0. The second-order valence-electron chi connectivity index (χ2n) is 6.21. The standard InChI is InChI=1S/C21H24N2O.C2H6/c1-5-10-15(6-2)14-23-20(24)18-19(22)17-12-9-8-11-16(17)13-21(18,4)7-3;1-2/h5-6,8-12,14H,1-2,7,13,22H2,3-4H3;1-2H3/b15-10+,23-14?;. The first kappa shape index (κ1) is 21.4. The van der Waals surface area contributed by atoms with Crippen LogP contribution in [0, 0.1) is 5.41 Å². The lowest BCUT2D eigenvalue weighted by atomic mass is 9.68. The average Bonchev–Trinajstić information content (AvgIpc) is 2.66. The molecule has 3 nitrogen and oxygen atoms in total. The summed E-state index contributed by atoms with van der Waals surface area (Å²) in [5.74, 6) is -0.289. The number of hydrogen-bond donors (Lipinski definition) is 1. The lowest BCUT2D eigenvalue weighted by Crippen LogP contribution is -2.32. The summed E-state index contributed by atoms with van der Waals surface area (Å²) in [4.78, 5) is 16.9. The van der Waals surface area contributed by atoms with Crippen molar-refractivity contribution in [1.29, 1.82) is 0 Å². The monoisotopic (exact) mass is 350 g/mol. The van der Waals surface area contributed by atoms with E-state index in [9.17, 15) is 4.79 Å². The maximum Gasteiger partial charge on any atom is 0.275 e. The second-order valence-corrected chi connectivity index (χ2v) is 6.21. The predicted octanol–water partition coefficient (Wildman–Crippen LogP) is 5.25. The van der Waals surface area contributed by atoms with Crippen molar-refractivity contribution in [2.75, 3.05) is 0 Å². The van der Waals surface area contributed by atoms with Gasteiger partial charge >= 0.3 is 0 Å². The van der Waals surface area contributed by atoms with E-state index < -0.39 is 0 Å².